The maximum absolute atomic E-state index is 14.4. The van der Waals surface area contributed by atoms with Gasteiger partial charge < -0.3 is 20.7 Å². The quantitative estimate of drug-likeness (QED) is 0.236. The minimum absolute atomic E-state index is 0. The normalized spacial score (nSPS) is 13.9. The van der Waals surface area contributed by atoms with Crippen LogP contribution in [0.3, 0.4) is 0 Å². The number of carbonyl (C=O) groups excluding carboxylic acids is 2. The smallest absolute Gasteiger partial charge is 0.322 e. The Bertz CT molecular complexity index is 1570. The Morgan fingerprint density at radius 2 is 1.78 bits per heavy atom. The number of unbranched alkanes of at least 4 members (excludes halogenated alkanes) is 1. The van der Waals surface area contributed by atoms with Gasteiger partial charge in [0, 0.05) is 56.2 Å². The number of rotatable bonds is 12. The molecule has 1 aliphatic heterocycles. The van der Waals surface area contributed by atoms with Gasteiger partial charge >= 0.3 is 6.03 Å². The van der Waals surface area contributed by atoms with Gasteiger partial charge in [0.15, 0.2) is 0 Å². The van der Waals surface area contributed by atoms with Gasteiger partial charge in [-0.25, -0.2) is 27.0 Å². The molecule has 1 aliphatic rings. The van der Waals surface area contributed by atoms with Crippen molar-refractivity contribution in [3.63, 3.8) is 0 Å². The average Bonchev–Trinajstić information content (AvgIpc) is 2.96. The first-order valence-corrected chi connectivity index (χ1v) is 16.1. The third-order valence-corrected chi connectivity index (χ3v) is 7.77. The molecule has 11 nitrogen and oxygen atoms in total. The molecular formula is C30H37ClF2N6O5S. The van der Waals surface area contributed by atoms with Crippen LogP contribution in [0.25, 0.3) is 0 Å². The van der Waals surface area contributed by atoms with Gasteiger partial charge in [0.1, 0.15) is 17.4 Å². The molecule has 2 heterocycles. The van der Waals surface area contributed by atoms with Gasteiger partial charge in [-0.2, -0.15) is 0 Å². The van der Waals surface area contributed by atoms with E-state index in [0.717, 1.165) is 43.8 Å². The van der Waals surface area contributed by atoms with Crippen molar-refractivity contribution in [3.05, 3.63) is 77.5 Å². The molecule has 3 aromatic rings. The molecule has 3 amide bonds. The maximum atomic E-state index is 14.4. The largest absolute Gasteiger partial charge is 0.439 e. The van der Waals surface area contributed by atoms with Crippen molar-refractivity contribution in [2.24, 2.45) is 5.73 Å². The van der Waals surface area contributed by atoms with E-state index in [1.807, 2.05) is 13.0 Å². The molecule has 0 unspecified atom stereocenters. The number of nitrogens with one attached hydrogen (secondary N) is 2. The Morgan fingerprint density at radius 3 is 2.36 bits per heavy atom. The number of nitrogens with two attached hydrogens (primary N) is 1. The SMILES string of the molecule is CCCCN(C(=O)Nc1cc(C(N)=O)c(F)cc1F)C1CCN(Cc2ccc(Oc3ccc(NS(C)(=O)=O)cc3)nc2)CC1.Cl. The number of piperidine rings is 1. The van der Waals surface area contributed by atoms with Gasteiger partial charge in [-0.15, -0.1) is 12.4 Å². The second-order valence-corrected chi connectivity index (χ2v) is 12.4. The molecule has 0 aliphatic carbocycles. The van der Waals surface area contributed by atoms with Crippen molar-refractivity contribution in [1.82, 2.24) is 14.8 Å². The van der Waals surface area contributed by atoms with Gasteiger partial charge in [0.25, 0.3) is 5.91 Å². The van der Waals surface area contributed by atoms with Crippen LogP contribution in [0.1, 0.15) is 48.5 Å². The van der Waals surface area contributed by atoms with Crippen LogP contribution >= 0.6 is 12.4 Å². The number of anilines is 2. The van der Waals surface area contributed by atoms with E-state index in [-0.39, 0.29) is 24.1 Å². The number of primary amides is 1. The number of sulfonamides is 1. The molecule has 4 N–H and O–H groups in total. The molecule has 1 saturated heterocycles. The number of carbonyl (C=O) groups is 2. The highest BCUT2D eigenvalue weighted by atomic mass is 35.5. The van der Waals surface area contributed by atoms with E-state index in [1.165, 1.54) is 0 Å². The lowest BCUT2D eigenvalue weighted by molar-refractivity contribution is 0.0996. The fraction of sp³-hybridized carbons (Fsp3) is 0.367. The Morgan fingerprint density at radius 1 is 1.09 bits per heavy atom. The Labute approximate surface area is 267 Å². The molecule has 0 radical (unpaired) electrons. The first kappa shape index (κ1) is 35.5. The summed E-state index contributed by atoms with van der Waals surface area (Å²) in [4.78, 5) is 33.0. The van der Waals surface area contributed by atoms with Crippen LogP contribution in [0.4, 0.5) is 25.0 Å². The number of ether oxygens (including phenoxy) is 1. The van der Waals surface area contributed by atoms with E-state index < -0.39 is 39.2 Å². The second-order valence-electron chi connectivity index (χ2n) is 10.7. The predicted molar refractivity (Wildman–Crippen MR) is 170 cm³/mol. The van der Waals surface area contributed by atoms with Gasteiger partial charge in [-0.3, -0.25) is 14.4 Å². The van der Waals surface area contributed by atoms with E-state index in [4.69, 9.17) is 10.5 Å². The van der Waals surface area contributed by atoms with Crippen molar-refractivity contribution in [3.8, 4) is 11.6 Å². The summed E-state index contributed by atoms with van der Waals surface area (Å²) in [6, 6.07) is 11.0. The topological polar surface area (TPSA) is 147 Å². The third-order valence-electron chi connectivity index (χ3n) is 7.16. The van der Waals surface area contributed by atoms with Crippen molar-refractivity contribution >= 4 is 45.7 Å². The number of hydrogen-bond donors (Lipinski definition) is 3. The zero-order valence-corrected chi connectivity index (χ0v) is 26.6. The molecule has 4 rings (SSSR count). The zero-order chi connectivity index (χ0) is 31.9. The molecule has 0 spiro atoms. The first-order valence-electron chi connectivity index (χ1n) is 14.2. The highest BCUT2D eigenvalue weighted by molar-refractivity contribution is 7.92. The number of likely N-dealkylation sites (tertiary alicyclic amines) is 1. The predicted octanol–water partition coefficient (Wildman–Crippen LogP) is 5.34. The van der Waals surface area contributed by atoms with Crippen molar-refractivity contribution in [2.45, 2.75) is 45.2 Å². The summed E-state index contributed by atoms with van der Waals surface area (Å²) in [5.74, 6) is -2.22. The van der Waals surface area contributed by atoms with E-state index in [2.05, 4.69) is 19.9 Å². The summed E-state index contributed by atoms with van der Waals surface area (Å²) in [5, 5.41) is 2.50. The summed E-state index contributed by atoms with van der Waals surface area (Å²) in [7, 11) is -3.36. The molecule has 1 fully saturated rings. The van der Waals surface area contributed by atoms with Crippen LogP contribution in [0, 0.1) is 11.6 Å². The highest BCUT2D eigenvalue weighted by Gasteiger charge is 2.28. The summed E-state index contributed by atoms with van der Waals surface area (Å²) >= 11 is 0. The van der Waals surface area contributed by atoms with Crippen molar-refractivity contribution < 1.29 is 31.5 Å². The number of benzene rings is 2. The summed E-state index contributed by atoms with van der Waals surface area (Å²) in [6.45, 7) is 4.59. The summed E-state index contributed by atoms with van der Waals surface area (Å²) in [5.41, 5.74) is 5.80. The number of pyridine rings is 1. The fourth-order valence-corrected chi connectivity index (χ4v) is 5.50. The van der Waals surface area contributed by atoms with Crippen molar-refractivity contribution in [2.75, 3.05) is 35.9 Å². The minimum Gasteiger partial charge on any atom is -0.439 e. The average molecular weight is 667 g/mol. The van der Waals surface area contributed by atoms with E-state index >= 15 is 0 Å². The molecule has 0 bridgehead atoms. The summed E-state index contributed by atoms with van der Waals surface area (Å²) in [6.07, 6.45) is 5.84. The van der Waals surface area contributed by atoms with Gasteiger partial charge in [-0.05, 0) is 55.2 Å². The zero-order valence-electron chi connectivity index (χ0n) is 25.0. The standard InChI is InChI=1S/C30H36F2N6O5S.ClH/c1-3-4-13-38(30(40)35-27-16-24(29(33)39)25(31)17-26(27)32)22-11-14-37(15-12-22)19-20-5-10-28(34-18-20)43-23-8-6-21(7-9-23)36-44(2,41)42;/h5-10,16-18,22,36H,3-4,11-15,19H2,1-2H3,(H2,33,39)(H,35,40);1H. The fourth-order valence-electron chi connectivity index (χ4n) is 4.94. The molecular weight excluding hydrogens is 630 g/mol. The first-order chi connectivity index (χ1) is 20.9. The second kappa shape index (κ2) is 15.8. The minimum atomic E-state index is -3.36. The molecule has 2 aromatic carbocycles. The van der Waals surface area contributed by atoms with E-state index in [0.29, 0.717) is 49.3 Å². The molecule has 0 saturated carbocycles. The van der Waals surface area contributed by atoms with Gasteiger partial charge in [0.2, 0.25) is 15.9 Å². The molecule has 244 valence electrons. The number of halogens is 3. The number of amides is 3. The third kappa shape index (κ3) is 10.3. The lowest BCUT2D eigenvalue weighted by Crippen LogP contribution is -2.49. The van der Waals surface area contributed by atoms with E-state index in [1.54, 1.807) is 41.4 Å². The molecule has 15 heteroatoms. The molecule has 1 aromatic heterocycles. The van der Waals surface area contributed by atoms with Crippen molar-refractivity contribution in [1.29, 1.82) is 0 Å². The lowest BCUT2D eigenvalue weighted by Gasteiger charge is -2.38. The van der Waals surface area contributed by atoms with Crippen LogP contribution in [-0.4, -0.2) is 67.1 Å². The van der Waals surface area contributed by atoms with Crippen LogP contribution in [-0.2, 0) is 16.6 Å². The van der Waals surface area contributed by atoms with Crippen LogP contribution in [0.2, 0.25) is 0 Å². The van der Waals surface area contributed by atoms with Gasteiger partial charge in [-0.1, -0.05) is 19.4 Å². The van der Waals surface area contributed by atoms with Crippen LogP contribution < -0.4 is 20.5 Å². The number of urea groups is 1. The molecule has 45 heavy (non-hydrogen) atoms. The number of aromatic nitrogens is 1. The monoisotopic (exact) mass is 666 g/mol. The summed E-state index contributed by atoms with van der Waals surface area (Å²) < 4.78 is 59.2. The van der Waals surface area contributed by atoms with Crippen LogP contribution in [0.5, 0.6) is 11.6 Å². The Hall–Kier alpha value is -4.01. The van der Waals surface area contributed by atoms with Gasteiger partial charge in [0.05, 0.1) is 17.5 Å². The van der Waals surface area contributed by atoms with E-state index in [9.17, 15) is 26.8 Å². The Balaban J connectivity index is 0.00000552. The number of hydrogen-bond acceptors (Lipinski definition) is 7. The Kier molecular flexibility index (Phi) is 12.5. The van der Waals surface area contributed by atoms with Crippen LogP contribution in [0.15, 0.2) is 54.7 Å². The number of nitrogens with zero attached hydrogens (tertiary/aromatic N) is 3. The maximum Gasteiger partial charge on any atom is 0.322 e. The molecule has 0 atom stereocenters. The lowest BCUT2D eigenvalue weighted by atomic mass is 10.0. The highest BCUT2D eigenvalue weighted by Crippen LogP contribution is 2.25.